The van der Waals surface area contributed by atoms with Crippen LogP contribution >= 0.6 is 11.6 Å². The van der Waals surface area contributed by atoms with Gasteiger partial charge < -0.3 is 10.6 Å². The first-order chi connectivity index (χ1) is 10.6. The van der Waals surface area contributed by atoms with Crippen molar-refractivity contribution >= 4 is 23.2 Å². The number of hydrogen-bond donors (Lipinski definition) is 2. The highest BCUT2D eigenvalue weighted by molar-refractivity contribution is 6.31. The third-order valence-electron chi connectivity index (χ3n) is 4.21. The van der Waals surface area contributed by atoms with Gasteiger partial charge in [0.05, 0.1) is 6.54 Å². The molecule has 1 aliphatic rings. The zero-order chi connectivity index (χ0) is 15.9. The number of amides is 1. The van der Waals surface area contributed by atoms with E-state index < -0.39 is 0 Å². The Balaban J connectivity index is 1.75. The Morgan fingerprint density at radius 1 is 1.36 bits per heavy atom. The summed E-state index contributed by atoms with van der Waals surface area (Å²) in [5.74, 6) is 0.778. The number of piperidine rings is 1. The van der Waals surface area contributed by atoms with E-state index in [-0.39, 0.29) is 5.91 Å². The number of rotatable bonds is 6. The molecule has 2 N–H and O–H groups in total. The second-order valence-corrected chi connectivity index (χ2v) is 6.45. The number of anilines is 1. The molecule has 1 aliphatic heterocycles. The molecule has 0 saturated carbocycles. The summed E-state index contributed by atoms with van der Waals surface area (Å²) >= 11 is 6.08. The first kappa shape index (κ1) is 17.3. The van der Waals surface area contributed by atoms with Gasteiger partial charge in [-0.1, -0.05) is 24.6 Å². The molecule has 1 aromatic carbocycles. The molecule has 0 aliphatic carbocycles. The Bertz CT molecular complexity index is 499. The van der Waals surface area contributed by atoms with E-state index in [9.17, 15) is 4.79 Å². The van der Waals surface area contributed by atoms with Gasteiger partial charge in [0, 0.05) is 10.7 Å². The Labute approximate surface area is 138 Å². The number of nitrogens with zero attached hydrogens (tertiary/aromatic N) is 1. The molecule has 4 nitrogen and oxygen atoms in total. The van der Waals surface area contributed by atoms with Gasteiger partial charge >= 0.3 is 0 Å². The van der Waals surface area contributed by atoms with Crippen LogP contribution in [-0.2, 0) is 4.79 Å². The molecule has 1 aromatic rings. The van der Waals surface area contributed by atoms with E-state index in [1.54, 1.807) is 6.07 Å². The lowest BCUT2D eigenvalue weighted by Crippen LogP contribution is -2.41. The van der Waals surface area contributed by atoms with Gasteiger partial charge in [0.2, 0.25) is 5.91 Å². The number of halogens is 1. The van der Waals surface area contributed by atoms with Gasteiger partial charge in [0.25, 0.3) is 0 Å². The molecule has 1 heterocycles. The molecule has 0 unspecified atom stereocenters. The van der Waals surface area contributed by atoms with E-state index in [0.29, 0.717) is 11.6 Å². The summed E-state index contributed by atoms with van der Waals surface area (Å²) in [4.78, 5) is 14.4. The minimum Gasteiger partial charge on any atom is -0.325 e. The summed E-state index contributed by atoms with van der Waals surface area (Å²) < 4.78 is 0. The molecule has 0 bridgehead atoms. The van der Waals surface area contributed by atoms with Crippen molar-refractivity contribution in [2.24, 2.45) is 5.92 Å². The van der Waals surface area contributed by atoms with Gasteiger partial charge in [-0.2, -0.15) is 0 Å². The maximum atomic E-state index is 12.1. The second kappa shape index (κ2) is 8.51. The van der Waals surface area contributed by atoms with Crippen molar-refractivity contribution in [3.05, 3.63) is 28.8 Å². The van der Waals surface area contributed by atoms with E-state index in [4.69, 9.17) is 11.6 Å². The van der Waals surface area contributed by atoms with Crippen molar-refractivity contribution in [2.75, 3.05) is 38.0 Å². The number of hydrogen-bond acceptors (Lipinski definition) is 3. The SMILES string of the molecule is CCNCC1CCN(CC(=O)Nc2ccc(C)c(Cl)c2)CC1. The van der Waals surface area contributed by atoms with Crippen LogP contribution < -0.4 is 10.6 Å². The number of carbonyl (C=O) groups excluding carboxylic acids is 1. The standard InChI is InChI=1S/C17H26ClN3O/c1-3-19-11-14-6-8-21(9-7-14)12-17(22)20-15-5-4-13(2)16(18)10-15/h4-5,10,14,19H,3,6-9,11-12H2,1-2H3,(H,20,22). The molecule has 122 valence electrons. The maximum absolute atomic E-state index is 12.1. The Hall–Kier alpha value is -1.10. The first-order valence-electron chi connectivity index (χ1n) is 8.07. The third-order valence-corrected chi connectivity index (χ3v) is 4.62. The van der Waals surface area contributed by atoms with Crippen LogP contribution in [0.3, 0.4) is 0 Å². The molecule has 1 saturated heterocycles. The lowest BCUT2D eigenvalue weighted by atomic mass is 9.97. The van der Waals surface area contributed by atoms with E-state index in [2.05, 4.69) is 22.5 Å². The zero-order valence-electron chi connectivity index (χ0n) is 13.5. The number of benzene rings is 1. The average molecular weight is 324 g/mol. The van der Waals surface area contributed by atoms with E-state index in [1.165, 1.54) is 0 Å². The van der Waals surface area contributed by atoms with Crippen molar-refractivity contribution in [3.63, 3.8) is 0 Å². The average Bonchev–Trinajstić information content (AvgIpc) is 2.50. The fourth-order valence-electron chi connectivity index (χ4n) is 2.77. The fraction of sp³-hybridized carbons (Fsp3) is 0.588. The van der Waals surface area contributed by atoms with Crippen molar-refractivity contribution in [3.8, 4) is 0 Å². The largest absolute Gasteiger partial charge is 0.325 e. The topological polar surface area (TPSA) is 44.4 Å². The maximum Gasteiger partial charge on any atom is 0.238 e. The summed E-state index contributed by atoms with van der Waals surface area (Å²) in [6.07, 6.45) is 2.33. The Morgan fingerprint density at radius 3 is 2.73 bits per heavy atom. The number of carbonyl (C=O) groups is 1. The fourth-order valence-corrected chi connectivity index (χ4v) is 2.95. The first-order valence-corrected chi connectivity index (χ1v) is 8.45. The number of nitrogens with one attached hydrogen (secondary N) is 2. The minimum absolute atomic E-state index is 0.0325. The summed E-state index contributed by atoms with van der Waals surface area (Å²) in [5, 5.41) is 7.01. The van der Waals surface area contributed by atoms with E-state index in [0.717, 1.165) is 56.2 Å². The molecule has 0 spiro atoms. The summed E-state index contributed by atoms with van der Waals surface area (Å²) in [6, 6.07) is 5.61. The molecule has 5 heteroatoms. The Kier molecular flexibility index (Phi) is 6.68. The minimum atomic E-state index is 0.0325. The summed E-state index contributed by atoms with van der Waals surface area (Å²) in [6.45, 7) is 8.66. The normalized spacial score (nSPS) is 16.7. The summed E-state index contributed by atoms with van der Waals surface area (Å²) in [7, 11) is 0. The third kappa shape index (κ3) is 5.27. The van der Waals surface area contributed by atoms with Crippen LogP contribution in [0.5, 0.6) is 0 Å². The van der Waals surface area contributed by atoms with E-state index >= 15 is 0 Å². The highest BCUT2D eigenvalue weighted by atomic mass is 35.5. The molecular formula is C17H26ClN3O. The van der Waals surface area contributed by atoms with Crippen LogP contribution in [0.1, 0.15) is 25.3 Å². The van der Waals surface area contributed by atoms with E-state index in [1.807, 2.05) is 19.1 Å². The Morgan fingerprint density at radius 2 is 2.09 bits per heavy atom. The van der Waals surface area contributed by atoms with Gasteiger partial charge in [0.1, 0.15) is 0 Å². The molecule has 0 aromatic heterocycles. The van der Waals surface area contributed by atoms with Crippen LogP contribution in [0.4, 0.5) is 5.69 Å². The molecule has 0 radical (unpaired) electrons. The lowest BCUT2D eigenvalue weighted by Gasteiger charge is -2.31. The van der Waals surface area contributed by atoms with Gasteiger partial charge in [-0.3, -0.25) is 9.69 Å². The van der Waals surface area contributed by atoms with Crippen LogP contribution in [0, 0.1) is 12.8 Å². The van der Waals surface area contributed by atoms with Crippen LogP contribution in [0.2, 0.25) is 5.02 Å². The van der Waals surface area contributed by atoms with Crippen molar-refractivity contribution in [2.45, 2.75) is 26.7 Å². The lowest BCUT2D eigenvalue weighted by molar-refractivity contribution is -0.117. The molecule has 0 atom stereocenters. The van der Waals surface area contributed by atoms with Crippen molar-refractivity contribution in [1.29, 1.82) is 0 Å². The molecule has 1 amide bonds. The zero-order valence-corrected chi connectivity index (χ0v) is 14.2. The molecular weight excluding hydrogens is 298 g/mol. The van der Waals surface area contributed by atoms with Gasteiger partial charge in [-0.25, -0.2) is 0 Å². The predicted octanol–water partition coefficient (Wildman–Crippen LogP) is 2.91. The second-order valence-electron chi connectivity index (χ2n) is 6.04. The summed E-state index contributed by atoms with van der Waals surface area (Å²) in [5.41, 5.74) is 1.78. The van der Waals surface area contributed by atoms with Crippen LogP contribution in [0.25, 0.3) is 0 Å². The number of aryl methyl sites for hydroxylation is 1. The molecule has 2 rings (SSSR count). The highest BCUT2D eigenvalue weighted by Gasteiger charge is 2.20. The van der Waals surface area contributed by atoms with Gasteiger partial charge in [-0.15, -0.1) is 0 Å². The smallest absolute Gasteiger partial charge is 0.238 e. The van der Waals surface area contributed by atoms with Gasteiger partial charge in [-0.05, 0) is 69.6 Å². The van der Waals surface area contributed by atoms with Crippen molar-refractivity contribution < 1.29 is 4.79 Å². The van der Waals surface area contributed by atoms with Crippen molar-refractivity contribution in [1.82, 2.24) is 10.2 Å². The number of likely N-dealkylation sites (tertiary alicyclic amines) is 1. The monoisotopic (exact) mass is 323 g/mol. The molecule has 1 fully saturated rings. The quantitative estimate of drug-likeness (QED) is 0.846. The predicted molar refractivity (Wildman–Crippen MR) is 92.5 cm³/mol. The van der Waals surface area contributed by atoms with Crippen LogP contribution in [-0.4, -0.2) is 43.5 Å². The van der Waals surface area contributed by atoms with Gasteiger partial charge in [0.15, 0.2) is 0 Å². The highest BCUT2D eigenvalue weighted by Crippen LogP contribution is 2.20. The molecule has 22 heavy (non-hydrogen) atoms. The van der Waals surface area contributed by atoms with Crippen LogP contribution in [0.15, 0.2) is 18.2 Å².